The summed E-state index contributed by atoms with van der Waals surface area (Å²) in [5.41, 5.74) is -1.65. The number of nitrogens with zero attached hydrogens (tertiary/aromatic N) is 2. The number of hydrogen-bond donors (Lipinski definition) is 2. The van der Waals surface area contributed by atoms with Crippen molar-refractivity contribution in [3.05, 3.63) is 40.7 Å². The predicted octanol–water partition coefficient (Wildman–Crippen LogP) is 4.86. The molecule has 1 aliphatic heterocycles. The largest absolute Gasteiger partial charge is 0.433 e. The Labute approximate surface area is 168 Å². The molecule has 2 heterocycles. The van der Waals surface area contributed by atoms with Crippen molar-refractivity contribution in [1.29, 1.82) is 0 Å². The van der Waals surface area contributed by atoms with Gasteiger partial charge in [-0.25, -0.2) is 0 Å². The molecule has 10 heteroatoms. The molecule has 1 aliphatic rings. The van der Waals surface area contributed by atoms with Gasteiger partial charge in [-0.05, 0) is 57.3 Å². The van der Waals surface area contributed by atoms with Crippen LogP contribution in [0.3, 0.4) is 0 Å². The molecule has 4 nitrogen and oxygen atoms in total. The number of benzene rings is 1. The summed E-state index contributed by atoms with van der Waals surface area (Å²) in [6.45, 7) is 5.40. The van der Waals surface area contributed by atoms with Crippen LogP contribution in [0.2, 0.25) is 0 Å². The van der Waals surface area contributed by atoms with E-state index < -0.39 is 35.8 Å². The van der Waals surface area contributed by atoms with Crippen LogP contribution >= 0.6 is 0 Å². The smallest absolute Gasteiger partial charge is 0.390 e. The Bertz CT molecular complexity index is 974. The number of aliphatic hydroxyl groups excluding tert-OH is 1. The second-order valence-corrected chi connectivity index (χ2v) is 7.27. The minimum Gasteiger partial charge on any atom is -0.390 e. The summed E-state index contributed by atoms with van der Waals surface area (Å²) in [5.74, 6) is 0. The molecule has 30 heavy (non-hydrogen) atoms. The summed E-state index contributed by atoms with van der Waals surface area (Å²) in [5, 5.41) is 13.6. The monoisotopic (exact) mass is 433 g/mol. The predicted molar refractivity (Wildman–Crippen MR) is 102 cm³/mol. The summed E-state index contributed by atoms with van der Waals surface area (Å²) in [6.07, 6.45) is -8.37. The van der Waals surface area contributed by atoms with Crippen LogP contribution in [-0.4, -0.2) is 41.8 Å². The van der Waals surface area contributed by atoms with Crippen molar-refractivity contribution in [3.63, 3.8) is 0 Å². The number of aliphatic imine (C=N–C) groups is 1. The second kappa shape index (κ2) is 8.07. The van der Waals surface area contributed by atoms with E-state index in [4.69, 9.17) is 0 Å². The standard InChI is InChI=1S/C20H21F6N3O/c1-11-13(9-18(27-2)20(24,25)26)14-8-12(19(21,22)23)5-6-15(14)29(11)16-4-3-7-28-10-17(16)30/h5-6,8-9,16-17,28,30H,2-4,7,10H2,1H3/b18-9-/t16-,17-/m1/s1. The van der Waals surface area contributed by atoms with Crippen molar-refractivity contribution in [2.45, 2.75) is 44.3 Å². The fraction of sp³-hybridized carbons (Fsp3) is 0.450. The van der Waals surface area contributed by atoms with Crippen LogP contribution in [-0.2, 0) is 6.18 Å². The van der Waals surface area contributed by atoms with E-state index in [9.17, 15) is 31.4 Å². The first-order valence-corrected chi connectivity index (χ1v) is 9.31. The molecule has 3 rings (SSSR count). The SMILES string of the molecule is C=N/C(=C\c1c(C)n([C@@H]2CCCNC[C@H]2O)c2ccc(C(F)(F)F)cc12)C(F)(F)F. The van der Waals surface area contributed by atoms with Crippen LogP contribution in [0.1, 0.15) is 35.7 Å². The van der Waals surface area contributed by atoms with E-state index in [1.54, 1.807) is 4.57 Å². The first-order chi connectivity index (χ1) is 13.9. The topological polar surface area (TPSA) is 49.5 Å². The maximum atomic E-state index is 13.3. The lowest BCUT2D eigenvalue weighted by Gasteiger charge is -2.25. The van der Waals surface area contributed by atoms with Gasteiger partial charge < -0.3 is 15.0 Å². The normalized spacial score (nSPS) is 21.7. The quantitative estimate of drug-likeness (QED) is 0.537. The minimum atomic E-state index is -4.81. The number of nitrogens with one attached hydrogen (secondary N) is 1. The van der Waals surface area contributed by atoms with Gasteiger partial charge in [-0.3, -0.25) is 4.99 Å². The molecule has 0 bridgehead atoms. The molecule has 0 unspecified atom stereocenters. The van der Waals surface area contributed by atoms with Crippen molar-refractivity contribution >= 4 is 23.7 Å². The summed E-state index contributed by atoms with van der Waals surface area (Å²) in [7, 11) is 0. The molecule has 0 radical (unpaired) electrons. The number of aliphatic hydroxyl groups is 1. The molecule has 0 spiro atoms. The van der Waals surface area contributed by atoms with E-state index in [-0.39, 0.29) is 17.5 Å². The van der Waals surface area contributed by atoms with Gasteiger partial charge in [0, 0.05) is 28.7 Å². The Morgan fingerprint density at radius 3 is 2.57 bits per heavy atom. The fourth-order valence-corrected chi connectivity index (χ4v) is 3.92. The van der Waals surface area contributed by atoms with Gasteiger partial charge in [0.2, 0.25) is 0 Å². The molecule has 2 N–H and O–H groups in total. The maximum Gasteiger partial charge on any atom is 0.433 e. The highest BCUT2D eigenvalue weighted by Gasteiger charge is 2.35. The first-order valence-electron chi connectivity index (χ1n) is 9.31. The summed E-state index contributed by atoms with van der Waals surface area (Å²) < 4.78 is 81.2. The van der Waals surface area contributed by atoms with Crippen molar-refractivity contribution in [3.8, 4) is 0 Å². The van der Waals surface area contributed by atoms with Gasteiger partial charge in [-0.15, -0.1) is 0 Å². The Hall–Kier alpha value is -2.33. The van der Waals surface area contributed by atoms with Gasteiger partial charge in [0.1, 0.15) is 5.70 Å². The van der Waals surface area contributed by atoms with E-state index in [1.807, 2.05) is 0 Å². The van der Waals surface area contributed by atoms with Crippen molar-refractivity contribution in [2.24, 2.45) is 4.99 Å². The lowest BCUT2D eigenvalue weighted by molar-refractivity contribution is -0.137. The van der Waals surface area contributed by atoms with E-state index in [2.05, 4.69) is 17.0 Å². The molecular weight excluding hydrogens is 412 g/mol. The molecule has 0 aliphatic carbocycles. The fourth-order valence-electron chi connectivity index (χ4n) is 3.92. The number of hydrogen-bond acceptors (Lipinski definition) is 3. The molecule has 1 saturated heterocycles. The molecule has 1 fully saturated rings. The Morgan fingerprint density at radius 1 is 1.27 bits per heavy atom. The van der Waals surface area contributed by atoms with Crippen molar-refractivity contribution in [1.82, 2.24) is 9.88 Å². The van der Waals surface area contributed by atoms with Gasteiger partial charge in [-0.2, -0.15) is 26.3 Å². The number of allylic oxidation sites excluding steroid dienone is 1. The molecule has 2 atom stereocenters. The van der Waals surface area contributed by atoms with Crippen LogP contribution in [0, 0.1) is 6.92 Å². The Morgan fingerprint density at radius 2 is 1.97 bits per heavy atom. The highest BCUT2D eigenvalue weighted by atomic mass is 19.4. The molecule has 164 valence electrons. The molecule has 0 saturated carbocycles. The molecule has 1 aromatic carbocycles. The Balaban J connectivity index is 2.32. The zero-order chi connectivity index (χ0) is 22.3. The van der Waals surface area contributed by atoms with Gasteiger partial charge in [0.25, 0.3) is 0 Å². The van der Waals surface area contributed by atoms with Gasteiger partial charge >= 0.3 is 12.4 Å². The zero-order valence-corrected chi connectivity index (χ0v) is 16.1. The summed E-state index contributed by atoms with van der Waals surface area (Å²) >= 11 is 0. The van der Waals surface area contributed by atoms with E-state index in [1.165, 1.54) is 13.0 Å². The Kier molecular flexibility index (Phi) is 6.01. The third kappa shape index (κ3) is 4.24. The lowest BCUT2D eigenvalue weighted by atomic mass is 10.1. The van der Waals surface area contributed by atoms with E-state index in [0.29, 0.717) is 36.7 Å². The van der Waals surface area contributed by atoms with Gasteiger partial charge in [0.05, 0.1) is 17.7 Å². The number of aromatic nitrogens is 1. The summed E-state index contributed by atoms with van der Waals surface area (Å²) in [6, 6.07) is 2.47. The number of rotatable bonds is 3. The molecule has 0 amide bonds. The van der Waals surface area contributed by atoms with E-state index >= 15 is 0 Å². The van der Waals surface area contributed by atoms with Crippen LogP contribution in [0.15, 0.2) is 28.9 Å². The number of β-amino-alcohol motifs (C(OH)–C–C–N with tert-alkyl or cyclic N) is 1. The lowest BCUT2D eigenvalue weighted by Crippen LogP contribution is -2.31. The van der Waals surface area contributed by atoms with Gasteiger partial charge in [-0.1, -0.05) is 0 Å². The van der Waals surface area contributed by atoms with Crippen molar-refractivity contribution in [2.75, 3.05) is 13.1 Å². The summed E-state index contributed by atoms with van der Waals surface area (Å²) in [4.78, 5) is 3.02. The molecule has 1 aromatic heterocycles. The second-order valence-electron chi connectivity index (χ2n) is 7.27. The highest BCUT2D eigenvalue weighted by Crippen LogP contribution is 2.39. The molecule has 2 aromatic rings. The van der Waals surface area contributed by atoms with Gasteiger partial charge in [0.15, 0.2) is 0 Å². The zero-order valence-electron chi connectivity index (χ0n) is 16.1. The highest BCUT2D eigenvalue weighted by molar-refractivity contribution is 5.92. The molecular formula is C20H21F6N3O. The third-order valence-corrected chi connectivity index (χ3v) is 5.35. The third-order valence-electron chi connectivity index (χ3n) is 5.35. The maximum absolute atomic E-state index is 13.3. The number of fused-ring (bicyclic) bond motifs is 1. The van der Waals surface area contributed by atoms with E-state index in [0.717, 1.165) is 12.1 Å². The van der Waals surface area contributed by atoms with Crippen LogP contribution in [0.4, 0.5) is 26.3 Å². The first kappa shape index (κ1) is 22.4. The van der Waals surface area contributed by atoms with Crippen LogP contribution < -0.4 is 5.32 Å². The number of alkyl halides is 6. The average Bonchev–Trinajstić information content (AvgIpc) is 2.76. The van der Waals surface area contributed by atoms with Crippen molar-refractivity contribution < 1.29 is 31.4 Å². The average molecular weight is 433 g/mol. The minimum absolute atomic E-state index is 0.0112. The number of halogens is 6. The van der Waals surface area contributed by atoms with Crippen LogP contribution in [0.5, 0.6) is 0 Å². The van der Waals surface area contributed by atoms with Crippen LogP contribution in [0.25, 0.3) is 17.0 Å².